The first-order valence-corrected chi connectivity index (χ1v) is 15.8. The number of aliphatic carboxylic acids is 1. The topological polar surface area (TPSA) is 132 Å². The van der Waals surface area contributed by atoms with E-state index in [1.165, 1.54) is 12.1 Å². The van der Waals surface area contributed by atoms with Gasteiger partial charge in [0.2, 0.25) is 23.6 Å². The Balaban J connectivity index is 1.47. The second-order valence-electron chi connectivity index (χ2n) is 12.3. The fraction of sp³-hybridized carbons (Fsp3) is 0.286. The van der Waals surface area contributed by atoms with Gasteiger partial charge in [-0.05, 0) is 60.7 Å². The molecule has 2 N–H and O–H groups in total. The van der Waals surface area contributed by atoms with E-state index in [0.29, 0.717) is 32.4 Å². The van der Waals surface area contributed by atoms with E-state index >= 15 is 4.79 Å². The molecule has 11 heteroatoms. The van der Waals surface area contributed by atoms with Crippen LogP contribution in [0.15, 0.2) is 84.4 Å². The van der Waals surface area contributed by atoms with Crippen molar-refractivity contribution in [1.82, 2.24) is 4.90 Å². The van der Waals surface area contributed by atoms with Gasteiger partial charge >= 0.3 is 5.97 Å². The van der Waals surface area contributed by atoms with Crippen molar-refractivity contribution in [3.63, 3.8) is 0 Å². The molecule has 4 aliphatic rings. The molecule has 6 unspecified atom stereocenters. The number of likely N-dealkylation sites (tertiary alicyclic amines) is 1. The number of rotatable bonds is 6. The third kappa shape index (κ3) is 4.32. The highest BCUT2D eigenvalue weighted by Crippen LogP contribution is 2.65. The zero-order chi connectivity index (χ0) is 32.5. The first-order valence-electron chi connectivity index (χ1n) is 15.0. The largest absolute Gasteiger partial charge is 0.508 e. The van der Waals surface area contributed by atoms with E-state index in [1.54, 1.807) is 54.6 Å². The van der Waals surface area contributed by atoms with E-state index in [0.717, 1.165) is 9.80 Å². The molecule has 2 aliphatic carbocycles. The summed E-state index contributed by atoms with van der Waals surface area (Å²) in [6, 6.07) is 20.0. The van der Waals surface area contributed by atoms with Crippen molar-refractivity contribution in [2.75, 3.05) is 11.4 Å². The van der Waals surface area contributed by atoms with Crippen molar-refractivity contribution in [2.24, 2.45) is 23.7 Å². The molecule has 234 valence electrons. The maximum atomic E-state index is 15.1. The number of aromatic hydroxyl groups is 1. The van der Waals surface area contributed by atoms with Crippen LogP contribution in [-0.4, -0.2) is 51.3 Å². The van der Waals surface area contributed by atoms with Gasteiger partial charge in [0.15, 0.2) is 0 Å². The van der Waals surface area contributed by atoms with Crippen LogP contribution in [0.3, 0.4) is 0 Å². The lowest BCUT2D eigenvalue weighted by atomic mass is 9.49. The number of carboxylic acid groups (broad SMARTS) is 1. The van der Waals surface area contributed by atoms with Crippen molar-refractivity contribution >= 4 is 58.5 Å². The number of anilines is 1. The Morgan fingerprint density at radius 3 is 2.33 bits per heavy atom. The van der Waals surface area contributed by atoms with E-state index in [4.69, 9.17) is 23.2 Å². The fourth-order valence-electron chi connectivity index (χ4n) is 8.34. The number of allylic oxidation sites excluding steroid dienone is 2. The van der Waals surface area contributed by atoms with Gasteiger partial charge in [-0.2, -0.15) is 0 Å². The summed E-state index contributed by atoms with van der Waals surface area (Å²) in [5, 5.41) is 21.3. The summed E-state index contributed by atoms with van der Waals surface area (Å²) in [4.78, 5) is 70.7. The molecular formula is C35H28Cl2N2O7. The Bertz CT molecular complexity index is 1860. The van der Waals surface area contributed by atoms with Crippen LogP contribution < -0.4 is 4.90 Å². The number of carboxylic acids is 1. The molecule has 0 bridgehead atoms. The molecule has 3 aromatic rings. The summed E-state index contributed by atoms with van der Waals surface area (Å²) in [5.74, 6) is -7.35. The molecular weight excluding hydrogens is 631 g/mol. The van der Waals surface area contributed by atoms with Crippen LogP contribution in [0.4, 0.5) is 5.69 Å². The molecule has 4 amide bonds. The van der Waals surface area contributed by atoms with Crippen LogP contribution in [0.25, 0.3) is 0 Å². The average molecular weight is 660 g/mol. The maximum Gasteiger partial charge on any atom is 0.305 e. The van der Waals surface area contributed by atoms with Gasteiger partial charge in [0.1, 0.15) is 5.75 Å². The van der Waals surface area contributed by atoms with Gasteiger partial charge in [0.25, 0.3) is 0 Å². The predicted molar refractivity (Wildman–Crippen MR) is 168 cm³/mol. The van der Waals surface area contributed by atoms with Gasteiger partial charge in [-0.15, -0.1) is 0 Å². The summed E-state index contributed by atoms with van der Waals surface area (Å²) in [6.45, 7) is -0.252. The summed E-state index contributed by atoms with van der Waals surface area (Å²) in [7, 11) is 0. The molecule has 0 aromatic heterocycles. The molecule has 1 saturated carbocycles. The fourth-order valence-corrected chi connectivity index (χ4v) is 8.70. The van der Waals surface area contributed by atoms with E-state index in [9.17, 15) is 29.4 Å². The number of hydrogen-bond acceptors (Lipinski definition) is 6. The molecule has 2 heterocycles. The van der Waals surface area contributed by atoms with Gasteiger partial charge < -0.3 is 10.2 Å². The van der Waals surface area contributed by atoms with E-state index < -0.39 is 64.6 Å². The van der Waals surface area contributed by atoms with Crippen LogP contribution in [0, 0.1) is 23.7 Å². The Morgan fingerprint density at radius 2 is 1.61 bits per heavy atom. The zero-order valence-corrected chi connectivity index (χ0v) is 25.8. The Morgan fingerprint density at radius 1 is 0.870 bits per heavy atom. The zero-order valence-electron chi connectivity index (χ0n) is 24.3. The first kappa shape index (κ1) is 30.2. The Kier molecular flexibility index (Phi) is 7.29. The molecule has 3 aromatic carbocycles. The van der Waals surface area contributed by atoms with E-state index in [-0.39, 0.29) is 31.6 Å². The minimum Gasteiger partial charge on any atom is -0.508 e. The smallest absolute Gasteiger partial charge is 0.305 e. The van der Waals surface area contributed by atoms with E-state index in [2.05, 4.69) is 0 Å². The molecule has 2 aliphatic heterocycles. The number of fused-ring (bicyclic) bond motifs is 4. The van der Waals surface area contributed by atoms with Crippen LogP contribution in [0.1, 0.15) is 36.3 Å². The lowest BCUT2D eigenvalue weighted by Gasteiger charge is -2.50. The summed E-state index contributed by atoms with van der Waals surface area (Å²) in [6.07, 6.45) is 1.73. The normalized spacial score (nSPS) is 28.6. The van der Waals surface area contributed by atoms with Gasteiger partial charge in [0, 0.05) is 28.1 Å². The molecule has 2 saturated heterocycles. The minimum atomic E-state index is -1.55. The second-order valence-corrected chi connectivity index (χ2v) is 13.1. The monoisotopic (exact) mass is 658 g/mol. The van der Waals surface area contributed by atoms with Crippen molar-refractivity contribution in [3.05, 3.63) is 106 Å². The van der Waals surface area contributed by atoms with Crippen molar-refractivity contribution < 1.29 is 34.2 Å². The molecule has 9 nitrogen and oxygen atoms in total. The number of halogens is 2. The average Bonchev–Trinajstić information content (AvgIpc) is 3.42. The second kappa shape index (κ2) is 11.1. The molecule has 7 rings (SSSR count). The van der Waals surface area contributed by atoms with Crippen molar-refractivity contribution in [3.8, 4) is 5.75 Å². The molecule has 0 spiro atoms. The molecule has 46 heavy (non-hydrogen) atoms. The van der Waals surface area contributed by atoms with Crippen molar-refractivity contribution in [2.45, 2.75) is 30.6 Å². The number of phenolic OH excluding ortho intramolecular Hbond substituents is 1. The van der Waals surface area contributed by atoms with Gasteiger partial charge in [-0.3, -0.25) is 28.9 Å². The molecule has 6 atom stereocenters. The number of carbonyl (C=O) groups is 5. The number of nitrogens with zero attached hydrogens (tertiary/aromatic N) is 2. The van der Waals surface area contributed by atoms with Crippen LogP contribution in [-0.2, 0) is 29.4 Å². The van der Waals surface area contributed by atoms with E-state index in [1.807, 2.05) is 12.1 Å². The van der Waals surface area contributed by atoms with Gasteiger partial charge in [0.05, 0.1) is 35.3 Å². The van der Waals surface area contributed by atoms with Gasteiger partial charge in [-0.25, -0.2) is 4.90 Å². The minimum absolute atomic E-state index is 0.0765. The highest BCUT2D eigenvalue weighted by molar-refractivity contribution is 6.32. The Hall–Kier alpha value is -4.47. The maximum absolute atomic E-state index is 15.1. The number of carbonyl (C=O) groups excluding carboxylic acids is 4. The van der Waals surface area contributed by atoms with Crippen molar-refractivity contribution in [1.29, 1.82) is 0 Å². The predicted octanol–water partition coefficient (Wildman–Crippen LogP) is 5.34. The van der Waals surface area contributed by atoms with Crippen LogP contribution in [0.5, 0.6) is 5.75 Å². The third-order valence-corrected chi connectivity index (χ3v) is 10.6. The third-order valence-electron chi connectivity index (χ3n) is 10.1. The van der Waals surface area contributed by atoms with Gasteiger partial charge in [-0.1, -0.05) is 71.2 Å². The molecule has 0 radical (unpaired) electrons. The highest BCUT2D eigenvalue weighted by atomic mass is 35.5. The lowest BCUT2D eigenvalue weighted by molar-refractivity contribution is -0.142. The highest BCUT2D eigenvalue weighted by Gasteiger charge is 2.70. The number of amides is 4. The Labute approximate surface area is 274 Å². The molecule has 3 fully saturated rings. The standard InChI is InChI=1S/C35H28Cl2N2O7/c36-19-7-4-8-21(15-19)39-32(44)26-17-24-22(10-11-23-29(24)33(45)38(31(23)43)14-13-28(41)42)30(25-16-20(37)9-12-27(25)40)35(26,34(39)46)18-5-2-1-3-6-18/h1-10,12,15-16,23-24,26,29-30,40H,11,13-14,17H2,(H,41,42). The quantitative estimate of drug-likeness (QED) is 0.270. The lowest BCUT2D eigenvalue weighted by Crippen LogP contribution is -2.53. The summed E-state index contributed by atoms with van der Waals surface area (Å²) in [5.41, 5.74) is 0.291. The summed E-state index contributed by atoms with van der Waals surface area (Å²) >= 11 is 12.8. The SMILES string of the molecule is O=C(O)CCN1C(=O)C2CC=C3C(CC4C(=O)N(c5cccc(Cl)c5)C(=O)C4(c4ccccc4)C3c3cc(Cl)ccc3O)C2C1=O. The number of imide groups is 2. The number of hydrogen-bond donors (Lipinski definition) is 2. The van der Waals surface area contributed by atoms with Crippen LogP contribution in [0.2, 0.25) is 10.0 Å². The first-order chi connectivity index (χ1) is 22.0. The number of benzene rings is 3. The summed E-state index contributed by atoms with van der Waals surface area (Å²) < 4.78 is 0. The number of phenols is 1. The van der Waals surface area contributed by atoms with Crippen LogP contribution >= 0.6 is 23.2 Å².